The van der Waals surface area contributed by atoms with Crippen molar-refractivity contribution in [2.75, 3.05) is 7.11 Å². The molecule has 1 heterocycles. The summed E-state index contributed by atoms with van der Waals surface area (Å²) < 4.78 is 7.05. The molecular formula is C15H13N2OS+. The Kier molecular flexibility index (Phi) is 3.25. The molecule has 0 unspecified atom stereocenters. The van der Waals surface area contributed by atoms with Gasteiger partial charge in [-0.15, -0.1) is 0 Å². The summed E-state index contributed by atoms with van der Waals surface area (Å²) in [6, 6.07) is 18.0. The van der Waals surface area contributed by atoms with Gasteiger partial charge in [0.15, 0.2) is 5.01 Å². The summed E-state index contributed by atoms with van der Waals surface area (Å²) in [4.78, 5) is 0. The quantitative estimate of drug-likeness (QED) is 0.683. The Labute approximate surface area is 115 Å². The Morgan fingerprint density at radius 3 is 2.42 bits per heavy atom. The molecule has 94 valence electrons. The molecule has 3 nitrogen and oxygen atoms in total. The van der Waals surface area contributed by atoms with E-state index in [-0.39, 0.29) is 0 Å². The predicted octanol–water partition coefficient (Wildman–Crippen LogP) is 3.10. The van der Waals surface area contributed by atoms with Crippen molar-refractivity contribution >= 4 is 11.3 Å². The van der Waals surface area contributed by atoms with E-state index in [1.54, 1.807) is 18.4 Å². The molecule has 3 aromatic rings. The van der Waals surface area contributed by atoms with Crippen LogP contribution < -0.4 is 9.42 Å². The molecule has 0 aliphatic heterocycles. The molecule has 0 spiro atoms. The second-order valence-corrected chi connectivity index (χ2v) is 4.87. The summed E-state index contributed by atoms with van der Waals surface area (Å²) in [5.74, 6) is 0.858. The van der Waals surface area contributed by atoms with Crippen molar-refractivity contribution in [1.29, 1.82) is 0 Å². The van der Waals surface area contributed by atoms with Crippen LogP contribution in [0.1, 0.15) is 0 Å². The van der Waals surface area contributed by atoms with E-state index >= 15 is 0 Å². The average molecular weight is 269 g/mol. The molecule has 0 aliphatic rings. The maximum atomic E-state index is 5.16. The normalized spacial score (nSPS) is 10.4. The molecule has 1 aromatic heterocycles. The smallest absolute Gasteiger partial charge is 0.260 e. The van der Waals surface area contributed by atoms with E-state index < -0.39 is 0 Å². The van der Waals surface area contributed by atoms with Gasteiger partial charge in [0, 0.05) is 22.8 Å². The van der Waals surface area contributed by atoms with Gasteiger partial charge in [-0.25, -0.2) is 0 Å². The van der Waals surface area contributed by atoms with E-state index in [0.717, 1.165) is 22.0 Å². The summed E-state index contributed by atoms with van der Waals surface area (Å²) in [5.41, 5.74) is 4.17. The van der Waals surface area contributed by atoms with Crippen molar-refractivity contribution in [1.82, 2.24) is 5.10 Å². The molecule has 0 saturated heterocycles. The molecule has 2 aromatic carbocycles. The Bertz CT molecular complexity index is 662. The van der Waals surface area contributed by atoms with Gasteiger partial charge in [-0.2, -0.15) is 0 Å². The van der Waals surface area contributed by atoms with Crippen LogP contribution in [0.5, 0.6) is 5.75 Å². The third-order valence-electron chi connectivity index (χ3n) is 2.82. The Hall–Kier alpha value is -2.20. The molecule has 0 saturated carbocycles. The van der Waals surface area contributed by atoms with Gasteiger partial charge in [0.1, 0.15) is 5.75 Å². The molecule has 4 heteroatoms. The van der Waals surface area contributed by atoms with Gasteiger partial charge in [0.05, 0.1) is 7.11 Å². The first-order valence-electron chi connectivity index (χ1n) is 5.94. The summed E-state index contributed by atoms with van der Waals surface area (Å²) in [6.07, 6.45) is 0. The van der Waals surface area contributed by atoms with Crippen LogP contribution in [0.25, 0.3) is 16.3 Å². The highest BCUT2D eigenvalue weighted by molar-refractivity contribution is 7.12. The van der Waals surface area contributed by atoms with Crippen LogP contribution in [0.4, 0.5) is 0 Å². The van der Waals surface area contributed by atoms with E-state index in [0.29, 0.717) is 0 Å². The monoisotopic (exact) mass is 269 g/mol. The zero-order valence-corrected chi connectivity index (χ0v) is 11.3. The molecule has 19 heavy (non-hydrogen) atoms. The molecule has 3 rings (SSSR count). The van der Waals surface area contributed by atoms with Crippen molar-refractivity contribution < 1.29 is 9.42 Å². The zero-order chi connectivity index (χ0) is 13.1. The van der Waals surface area contributed by atoms with E-state index in [1.807, 2.05) is 64.8 Å². The summed E-state index contributed by atoms with van der Waals surface area (Å²) >= 11 is 1.62. The summed E-state index contributed by atoms with van der Waals surface area (Å²) in [7, 11) is 1.67. The number of methoxy groups -OCH3 is 1. The minimum absolute atomic E-state index is 0.858. The lowest BCUT2D eigenvalue weighted by molar-refractivity contribution is -0.653. The van der Waals surface area contributed by atoms with Crippen LogP contribution in [0.2, 0.25) is 0 Å². The molecule has 0 amide bonds. The maximum Gasteiger partial charge on any atom is 0.260 e. The fourth-order valence-electron chi connectivity index (χ4n) is 1.80. The third-order valence-corrected chi connectivity index (χ3v) is 3.67. The first kappa shape index (κ1) is 11.9. The number of hydrogen-bond donors (Lipinski definition) is 0. The van der Waals surface area contributed by atoms with Crippen molar-refractivity contribution in [3.05, 3.63) is 60.1 Å². The molecule has 0 radical (unpaired) electrons. The van der Waals surface area contributed by atoms with Crippen molar-refractivity contribution in [3.63, 3.8) is 0 Å². The lowest BCUT2D eigenvalue weighted by Crippen LogP contribution is -2.31. The number of aromatic nitrogens is 2. The Balaban J connectivity index is 1.92. The van der Waals surface area contributed by atoms with Crippen LogP contribution in [0.3, 0.4) is 0 Å². The van der Waals surface area contributed by atoms with Crippen molar-refractivity contribution in [2.24, 2.45) is 0 Å². The van der Waals surface area contributed by atoms with Crippen LogP contribution >= 0.6 is 11.3 Å². The van der Waals surface area contributed by atoms with Crippen LogP contribution in [0, 0.1) is 0 Å². The van der Waals surface area contributed by atoms with Crippen molar-refractivity contribution in [2.45, 2.75) is 0 Å². The molecule has 0 bridgehead atoms. The molecular weight excluding hydrogens is 256 g/mol. The second kappa shape index (κ2) is 5.20. The van der Waals surface area contributed by atoms with E-state index in [9.17, 15) is 0 Å². The minimum atomic E-state index is 0.858. The van der Waals surface area contributed by atoms with Gasteiger partial charge < -0.3 is 4.74 Å². The topological polar surface area (TPSA) is 26.0 Å². The number of nitrogens with zero attached hydrogens (tertiary/aromatic N) is 2. The number of ether oxygens (including phenoxy) is 1. The number of hydrogen-bond acceptors (Lipinski definition) is 3. The first-order valence-corrected chi connectivity index (χ1v) is 6.82. The number of rotatable bonds is 3. The van der Waals surface area contributed by atoms with Crippen LogP contribution in [-0.2, 0) is 0 Å². The second-order valence-electron chi connectivity index (χ2n) is 4.04. The van der Waals surface area contributed by atoms with Gasteiger partial charge in [0.25, 0.3) is 5.51 Å². The summed E-state index contributed by atoms with van der Waals surface area (Å²) in [5, 5.41) is 5.59. The van der Waals surface area contributed by atoms with Gasteiger partial charge in [-0.1, -0.05) is 18.2 Å². The van der Waals surface area contributed by atoms with Gasteiger partial charge in [-0.3, -0.25) is 0 Å². The maximum absolute atomic E-state index is 5.16. The zero-order valence-electron chi connectivity index (χ0n) is 10.5. The average Bonchev–Trinajstić information content (AvgIpc) is 2.98. The fourth-order valence-corrected chi connectivity index (χ4v) is 2.58. The highest BCUT2D eigenvalue weighted by Crippen LogP contribution is 2.23. The van der Waals surface area contributed by atoms with E-state index in [1.165, 1.54) is 0 Å². The van der Waals surface area contributed by atoms with Crippen LogP contribution in [0.15, 0.2) is 60.1 Å². The molecule has 0 atom stereocenters. The van der Waals surface area contributed by atoms with Gasteiger partial charge in [0.2, 0.25) is 5.69 Å². The highest BCUT2D eigenvalue weighted by atomic mass is 32.1. The van der Waals surface area contributed by atoms with Crippen LogP contribution in [-0.4, -0.2) is 12.2 Å². The summed E-state index contributed by atoms with van der Waals surface area (Å²) in [6.45, 7) is 0. The van der Waals surface area contributed by atoms with Crippen molar-refractivity contribution in [3.8, 4) is 22.0 Å². The standard InChI is InChI=1S/C15H13N2OS/c1-18-14-9-7-12(8-10-14)15-16-17(11-19-15)13-5-3-2-4-6-13/h2-11H,1H3/q+1. The Morgan fingerprint density at radius 2 is 1.74 bits per heavy atom. The lowest BCUT2D eigenvalue weighted by atomic mass is 10.2. The minimum Gasteiger partial charge on any atom is -0.497 e. The van der Waals surface area contributed by atoms with E-state index in [2.05, 4.69) is 5.10 Å². The van der Waals surface area contributed by atoms with Gasteiger partial charge >= 0.3 is 0 Å². The highest BCUT2D eigenvalue weighted by Gasteiger charge is 2.13. The lowest BCUT2D eigenvalue weighted by Gasteiger charge is -1.98. The van der Waals surface area contributed by atoms with E-state index in [4.69, 9.17) is 4.74 Å². The molecule has 0 aliphatic carbocycles. The first-order chi connectivity index (χ1) is 9.36. The molecule has 0 fully saturated rings. The Morgan fingerprint density at radius 1 is 1.00 bits per heavy atom. The SMILES string of the molecule is COc1ccc(-c2n[n+](-c3ccccc3)cs2)cc1. The predicted molar refractivity (Wildman–Crippen MR) is 75.6 cm³/mol. The fraction of sp³-hybridized carbons (Fsp3) is 0.0667. The van der Waals surface area contributed by atoms with Gasteiger partial charge in [-0.05, 0) is 40.3 Å². The number of benzene rings is 2. The molecule has 0 N–H and O–H groups in total. The number of para-hydroxylation sites is 1. The third kappa shape index (κ3) is 2.48. The largest absolute Gasteiger partial charge is 0.497 e.